The van der Waals surface area contributed by atoms with Crippen LogP contribution in [-0.4, -0.2) is 23.2 Å². The molecule has 0 amide bonds. The van der Waals surface area contributed by atoms with Crippen LogP contribution in [0.3, 0.4) is 0 Å². The first-order valence-corrected chi connectivity index (χ1v) is 9.59. The number of benzene rings is 1. The van der Waals surface area contributed by atoms with Gasteiger partial charge in [0.25, 0.3) is 0 Å². The van der Waals surface area contributed by atoms with Crippen molar-refractivity contribution in [2.45, 2.75) is 65.0 Å². The highest BCUT2D eigenvalue weighted by Crippen LogP contribution is 2.33. The van der Waals surface area contributed by atoms with E-state index in [1.807, 2.05) is 0 Å². The molecule has 4 nitrogen and oxygen atoms in total. The summed E-state index contributed by atoms with van der Waals surface area (Å²) in [6.45, 7) is 9.32. The van der Waals surface area contributed by atoms with Gasteiger partial charge in [0.2, 0.25) is 0 Å². The Kier molecular flexibility index (Phi) is 6.14. The van der Waals surface area contributed by atoms with Gasteiger partial charge in [-0.25, -0.2) is 0 Å². The molecular weight excluding hydrogens is 312 g/mol. The second-order valence-electron chi connectivity index (χ2n) is 7.28. The molecule has 4 heteroatoms. The number of hydrogen-bond acceptors (Lipinski definition) is 4. The molecule has 1 aliphatic heterocycles. The van der Waals surface area contributed by atoms with Crippen LogP contribution in [0.25, 0.3) is 0 Å². The zero-order chi connectivity index (χ0) is 17.6. The minimum absolute atomic E-state index is 0.372. The Bertz CT molecular complexity index is 648. The average molecular weight is 342 g/mol. The predicted molar refractivity (Wildman–Crippen MR) is 99.8 cm³/mol. The molecule has 1 aromatic heterocycles. The van der Waals surface area contributed by atoms with Gasteiger partial charge in [-0.2, -0.15) is 0 Å². The summed E-state index contributed by atoms with van der Waals surface area (Å²) in [5.74, 6) is 2.33. The van der Waals surface area contributed by atoms with E-state index in [1.54, 1.807) is 0 Å². The Morgan fingerprint density at radius 1 is 1.28 bits per heavy atom. The maximum absolute atomic E-state index is 5.75. The normalized spacial score (nSPS) is 18.2. The number of unbranched alkanes of at least 4 members (excludes halogenated alkanes) is 1. The van der Waals surface area contributed by atoms with Crippen molar-refractivity contribution in [3.8, 4) is 5.75 Å². The Hall–Kier alpha value is -1.81. The van der Waals surface area contributed by atoms with E-state index in [2.05, 4.69) is 61.2 Å². The summed E-state index contributed by atoms with van der Waals surface area (Å²) in [7, 11) is 0. The van der Waals surface area contributed by atoms with Crippen molar-refractivity contribution < 1.29 is 9.26 Å². The zero-order valence-electron chi connectivity index (χ0n) is 15.7. The van der Waals surface area contributed by atoms with E-state index >= 15 is 0 Å². The summed E-state index contributed by atoms with van der Waals surface area (Å²) in [6, 6.07) is 11.0. The largest absolute Gasteiger partial charge is 0.494 e. The number of aromatic nitrogens is 1. The van der Waals surface area contributed by atoms with Crippen molar-refractivity contribution in [1.29, 1.82) is 0 Å². The van der Waals surface area contributed by atoms with Crippen molar-refractivity contribution in [2.24, 2.45) is 0 Å². The topological polar surface area (TPSA) is 38.5 Å². The van der Waals surface area contributed by atoms with E-state index in [9.17, 15) is 0 Å². The molecule has 0 saturated carbocycles. The van der Waals surface area contributed by atoms with Gasteiger partial charge in [-0.3, -0.25) is 4.90 Å². The molecule has 2 aromatic rings. The van der Waals surface area contributed by atoms with Crippen molar-refractivity contribution in [2.75, 3.05) is 13.2 Å². The Morgan fingerprint density at radius 3 is 2.76 bits per heavy atom. The quantitative estimate of drug-likeness (QED) is 0.609. The summed E-state index contributed by atoms with van der Waals surface area (Å²) in [5, 5.41) is 4.33. The van der Waals surface area contributed by atoms with Crippen LogP contribution in [0.4, 0.5) is 0 Å². The fourth-order valence-corrected chi connectivity index (χ4v) is 3.34. The molecule has 2 heterocycles. The number of rotatable bonds is 8. The summed E-state index contributed by atoms with van der Waals surface area (Å²) in [5.41, 5.74) is 2.41. The highest BCUT2D eigenvalue weighted by Gasteiger charge is 2.29. The molecule has 0 radical (unpaired) electrons. The molecule has 3 rings (SSSR count). The van der Waals surface area contributed by atoms with E-state index in [-0.39, 0.29) is 0 Å². The van der Waals surface area contributed by atoms with E-state index in [0.717, 1.165) is 56.2 Å². The van der Waals surface area contributed by atoms with Gasteiger partial charge in [0.05, 0.1) is 12.6 Å². The van der Waals surface area contributed by atoms with Gasteiger partial charge < -0.3 is 9.26 Å². The van der Waals surface area contributed by atoms with Crippen LogP contribution in [0.5, 0.6) is 5.75 Å². The molecule has 0 unspecified atom stereocenters. The second-order valence-corrected chi connectivity index (χ2v) is 7.28. The van der Waals surface area contributed by atoms with Crippen LogP contribution in [0.2, 0.25) is 0 Å². The number of hydrogen-bond donors (Lipinski definition) is 0. The van der Waals surface area contributed by atoms with Crippen LogP contribution in [0.1, 0.15) is 75.4 Å². The first kappa shape index (κ1) is 18.0. The van der Waals surface area contributed by atoms with Crippen LogP contribution in [-0.2, 0) is 6.54 Å². The molecular formula is C21H30N2O2. The number of nitrogens with zero attached hydrogens (tertiary/aromatic N) is 2. The third-order valence-electron chi connectivity index (χ3n) is 4.90. The highest BCUT2D eigenvalue weighted by atomic mass is 16.5. The first-order valence-electron chi connectivity index (χ1n) is 9.59. The lowest BCUT2D eigenvalue weighted by molar-refractivity contribution is 0.236. The van der Waals surface area contributed by atoms with Crippen LogP contribution in [0.15, 0.2) is 34.9 Å². The standard InChI is InChI=1S/C21H30N2O2/c1-4-5-13-24-18-10-8-17(9-11-18)15-23-12-6-7-20(23)19-14-21(16(2)3)25-22-19/h8-11,14,16,20H,4-7,12-13,15H2,1-3H3/t20-/m1/s1. The van der Waals surface area contributed by atoms with E-state index < -0.39 is 0 Å². The molecule has 0 N–H and O–H groups in total. The second kappa shape index (κ2) is 8.52. The van der Waals surface area contributed by atoms with Gasteiger partial charge in [-0.15, -0.1) is 0 Å². The summed E-state index contributed by atoms with van der Waals surface area (Å²) < 4.78 is 11.3. The number of ether oxygens (including phenoxy) is 1. The van der Waals surface area contributed by atoms with E-state index in [4.69, 9.17) is 9.26 Å². The molecule has 136 valence electrons. The minimum Gasteiger partial charge on any atom is -0.494 e. The SMILES string of the molecule is CCCCOc1ccc(CN2CCC[C@@H]2c2cc(C(C)C)on2)cc1. The fraction of sp³-hybridized carbons (Fsp3) is 0.571. The Morgan fingerprint density at radius 2 is 2.08 bits per heavy atom. The van der Waals surface area contributed by atoms with Crippen LogP contribution in [0, 0.1) is 0 Å². The Labute approximate surface area is 151 Å². The summed E-state index contributed by atoms with van der Waals surface area (Å²) in [6.07, 6.45) is 4.64. The monoisotopic (exact) mass is 342 g/mol. The molecule has 0 aliphatic carbocycles. The van der Waals surface area contributed by atoms with E-state index in [0.29, 0.717) is 12.0 Å². The van der Waals surface area contributed by atoms with Crippen molar-refractivity contribution in [3.63, 3.8) is 0 Å². The molecule has 1 aliphatic rings. The minimum atomic E-state index is 0.372. The molecule has 0 bridgehead atoms. The van der Waals surface area contributed by atoms with Gasteiger partial charge in [-0.05, 0) is 43.5 Å². The molecule has 25 heavy (non-hydrogen) atoms. The maximum Gasteiger partial charge on any atom is 0.139 e. The van der Waals surface area contributed by atoms with Crippen molar-refractivity contribution in [3.05, 3.63) is 47.3 Å². The highest BCUT2D eigenvalue weighted by molar-refractivity contribution is 5.27. The number of likely N-dealkylation sites (tertiary alicyclic amines) is 1. The lowest BCUT2D eigenvalue weighted by Crippen LogP contribution is -2.22. The van der Waals surface area contributed by atoms with Crippen molar-refractivity contribution in [1.82, 2.24) is 10.1 Å². The Balaban J connectivity index is 1.61. The lowest BCUT2D eigenvalue weighted by atomic mass is 10.1. The molecule has 1 fully saturated rings. The smallest absolute Gasteiger partial charge is 0.139 e. The van der Waals surface area contributed by atoms with Gasteiger partial charge in [0.15, 0.2) is 0 Å². The summed E-state index contributed by atoms with van der Waals surface area (Å²) in [4.78, 5) is 2.51. The van der Waals surface area contributed by atoms with Gasteiger partial charge in [0.1, 0.15) is 17.2 Å². The summed E-state index contributed by atoms with van der Waals surface area (Å²) >= 11 is 0. The fourth-order valence-electron chi connectivity index (χ4n) is 3.34. The van der Waals surface area contributed by atoms with Crippen LogP contribution >= 0.6 is 0 Å². The van der Waals surface area contributed by atoms with Gasteiger partial charge >= 0.3 is 0 Å². The zero-order valence-corrected chi connectivity index (χ0v) is 15.7. The van der Waals surface area contributed by atoms with Crippen molar-refractivity contribution >= 4 is 0 Å². The average Bonchev–Trinajstić information content (AvgIpc) is 3.25. The van der Waals surface area contributed by atoms with Gasteiger partial charge in [0, 0.05) is 18.5 Å². The van der Waals surface area contributed by atoms with E-state index in [1.165, 1.54) is 12.0 Å². The maximum atomic E-state index is 5.75. The first-order chi connectivity index (χ1) is 12.2. The molecule has 1 aromatic carbocycles. The third-order valence-corrected chi connectivity index (χ3v) is 4.90. The third kappa shape index (κ3) is 4.63. The predicted octanol–water partition coefficient (Wildman–Crippen LogP) is 5.31. The molecule has 1 saturated heterocycles. The molecule has 0 spiro atoms. The lowest BCUT2D eigenvalue weighted by Gasteiger charge is -2.22. The molecule has 1 atom stereocenters. The van der Waals surface area contributed by atoms with Gasteiger partial charge in [-0.1, -0.05) is 44.5 Å². The van der Waals surface area contributed by atoms with Crippen LogP contribution < -0.4 is 4.74 Å².